The Morgan fingerprint density at radius 1 is 1.35 bits per heavy atom. The van der Waals surface area contributed by atoms with Crippen molar-refractivity contribution in [1.82, 2.24) is 10.6 Å². The highest BCUT2D eigenvalue weighted by Gasteiger charge is 2.14. The van der Waals surface area contributed by atoms with E-state index < -0.39 is 0 Å². The van der Waals surface area contributed by atoms with Crippen molar-refractivity contribution in [3.05, 3.63) is 29.3 Å². The van der Waals surface area contributed by atoms with Gasteiger partial charge in [-0.1, -0.05) is 23.7 Å². The molecular weight excluding hydrogens is 276 g/mol. The van der Waals surface area contributed by atoms with Gasteiger partial charge in [0.2, 0.25) is 5.91 Å². The van der Waals surface area contributed by atoms with Gasteiger partial charge in [0.1, 0.15) is 5.75 Å². The maximum atomic E-state index is 11.8. The van der Waals surface area contributed by atoms with Crippen LogP contribution in [-0.2, 0) is 4.79 Å². The first-order valence-electron chi connectivity index (χ1n) is 7.13. The van der Waals surface area contributed by atoms with Gasteiger partial charge in [0.25, 0.3) is 0 Å². The number of carbonyl (C=O) groups excluding carboxylic acids is 1. The standard InChI is InChI=1S/C15H21ClN2O2/c16-13-4-1-2-5-14(13)20-11-3-6-15(19)18-12-7-9-17-10-8-12/h1-2,4-5,12,17H,3,6-11H2,(H,18,19). The summed E-state index contributed by atoms with van der Waals surface area (Å²) in [7, 11) is 0. The first kappa shape index (κ1) is 15.1. The maximum Gasteiger partial charge on any atom is 0.220 e. The van der Waals surface area contributed by atoms with Crippen LogP contribution < -0.4 is 15.4 Å². The van der Waals surface area contributed by atoms with Crippen LogP contribution in [0.15, 0.2) is 24.3 Å². The highest BCUT2D eigenvalue weighted by atomic mass is 35.5. The average Bonchev–Trinajstić information content (AvgIpc) is 2.46. The van der Waals surface area contributed by atoms with Crippen LogP contribution in [0.25, 0.3) is 0 Å². The van der Waals surface area contributed by atoms with Crippen molar-refractivity contribution in [2.75, 3.05) is 19.7 Å². The Labute approximate surface area is 124 Å². The highest BCUT2D eigenvalue weighted by Crippen LogP contribution is 2.23. The molecule has 1 saturated heterocycles. The average molecular weight is 297 g/mol. The summed E-state index contributed by atoms with van der Waals surface area (Å²) in [6.07, 6.45) is 3.22. The van der Waals surface area contributed by atoms with Gasteiger partial charge in [0.05, 0.1) is 11.6 Å². The fourth-order valence-corrected chi connectivity index (χ4v) is 2.43. The van der Waals surface area contributed by atoms with Gasteiger partial charge in [0, 0.05) is 12.5 Å². The Bertz CT molecular complexity index is 434. The molecule has 1 fully saturated rings. The number of nitrogens with one attached hydrogen (secondary N) is 2. The van der Waals surface area contributed by atoms with Gasteiger partial charge in [-0.3, -0.25) is 4.79 Å². The van der Waals surface area contributed by atoms with Crippen molar-refractivity contribution in [1.29, 1.82) is 0 Å². The Kier molecular flexibility index (Phi) is 6.15. The van der Waals surface area contributed by atoms with Crippen molar-refractivity contribution in [3.63, 3.8) is 0 Å². The van der Waals surface area contributed by atoms with Crippen LogP contribution >= 0.6 is 11.6 Å². The SMILES string of the molecule is O=C(CCCOc1ccccc1Cl)NC1CCNCC1. The van der Waals surface area contributed by atoms with Gasteiger partial charge in [-0.15, -0.1) is 0 Å². The van der Waals surface area contributed by atoms with Crippen molar-refractivity contribution < 1.29 is 9.53 Å². The quantitative estimate of drug-likeness (QED) is 0.793. The summed E-state index contributed by atoms with van der Waals surface area (Å²) in [5.74, 6) is 0.785. The second-order valence-corrected chi connectivity index (χ2v) is 5.38. The van der Waals surface area contributed by atoms with Crippen LogP contribution in [0.5, 0.6) is 5.75 Å². The summed E-state index contributed by atoms with van der Waals surface area (Å²) in [4.78, 5) is 11.8. The summed E-state index contributed by atoms with van der Waals surface area (Å²) in [6.45, 7) is 2.48. The predicted molar refractivity (Wildman–Crippen MR) is 80.2 cm³/mol. The summed E-state index contributed by atoms with van der Waals surface area (Å²) < 4.78 is 5.56. The van der Waals surface area contributed by atoms with E-state index in [1.165, 1.54) is 0 Å². The van der Waals surface area contributed by atoms with E-state index in [0.717, 1.165) is 25.9 Å². The number of amides is 1. The molecule has 2 N–H and O–H groups in total. The van der Waals surface area contributed by atoms with E-state index >= 15 is 0 Å². The van der Waals surface area contributed by atoms with Crippen molar-refractivity contribution >= 4 is 17.5 Å². The lowest BCUT2D eigenvalue weighted by molar-refractivity contribution is -0.122. The van der Waals surface area contributed by atoms with Crippen LogP contribution in [0, 0.1) is 0 Å². The summed E-state index contributed by atoms with van der Waals surface area (Å²) >= 11 is 5.98. The third kappa shape index (κ3) is 5.02. The molecule has 5 heteroatoms. The van der Waals surface area contributed by atoms with Gasteiger partial charge >= 0.3 is 0 Å². The molecule has 0 aliphatic carbocycles. The largest absolute Gasteiger partial charge is 0.492 e. The molecule has 1 amide bonds. The normalized spacial score (nSPS) is 15.8. The summed E-state index contributed by atoms with van der Waals surface area (Å²) in [6, 6.07) is 7.69. The molecule has 110 valence electrons. The molecule has 0 spiro atoms. The predicted octanol–water partition coefficient (Wildman–Crippen LogP) is 2.37. The molecular formula is C15H21ClN2O2. The number of piperidine rings is 1. The van der Waals surface area contributed by atoms with Crippen molar-refractivity contribution in [2.45, 2.75) is 31.7 Å². The third-order valence-corrected chi connectivity index (χ3v) is 3.66. The molecule has 1 heterocycles. The zero-order valence-electron chi connectivity index (χ0n) is 11.5. The molecule has 20 heavy (non-hydrogen) atoms. The fourth-order valence-electron chi connectivity index (χ4n) is 2.24. The van der Waals surface area contributed by atoms with E-state index in [4.69, 9.17) is 16.3 Å². The molecule has 2 rings (SSSR count). The number of benzene rings is 1. The number of ether oxygens (including phenoxy) is 1. The second kappa shape index (κ2) is 8.12. The smallest absolute Gasteiger partial charge is 0.220 e. The topological polar surface area (TPSA) is 50.4 Å². The highest BCUT2D eigenvalue weighted by molar-refractivity contribution is 6.32. The number of rotatable bonds is 6. The van der Waals surface area contributed by atoms with Crippen LogP contribution in [0.1, 0.15) is 25.7 Å². The molecule has 1 aromatic carbocycles. The van der Waals surface area contributed by atoms with Crippen molar-refractivity contribution in [3.8, 4) is 5.75 Å². The molecule has 4 nitrogen and oxygen atoms in total. The van der Waals surface area contributed by atoms with Crippen LogP contribution in [0.2, 0.25) is 5.02 Å². The molecule has 0 aromatic heterocycles. The minimum Gasteiger partial charge on any atom is -0.492 e. The molecule has 1 aliphatic rings. The van der Waals surface area contributed by atoms with Crippen LogP contribution in [-0.4, -0.2) is 31.6 Å². The lowest BCUT2D eigenvalue weighted by Crippen LogP contribution is -2.42. The number of carbonyl (C=O) groups is 1. The van der Waals surface area contributed by atoms with E-state index in [2.05, 4.69) is 10.6 Å². The van der Waals surface area contributed by atoms with E-state index in [1.54, 1.807) is 6.07 Å². The fraction of sp³-hybridized carbons (Fsp3) is 0.533. The molecule has 0 unspecified atom stereocenters. The maximum absolute atomic E-state index is 11.8. The van der Waals surface area contributed by atoms with Gasteiger partial charge in [0.15, 0.2) is 0 Å². The second-order valence-electron chi connectivity index (χ2n) is 4.97. The first-order chi connectivity index (χ1) is 9.75. The summed E-state index contributed by atoms with van der Waals surface area (Å²) in [5.41, 5.74) is 0. The zero-order valence-corrected chi connectivity index (χ0v) is 12.3. The van der Waals surface area contributed by atoms with E-state index in [-0.39, 0.29) is 5.91 Å². The number of hydrogen-bond donors (Lipinski definition) is 2. The Hall–Kier alpha value is -1.26. The number of para-hydroxylation sites is 1. The van der Waals surface area contributed by atoms with Crippen LogP contribution in [0.3, 0.4) is 0 Å². The first-order valence-corrected chi connectivity index (χ1v) is 7.51. The van der Waals surface area contributed by atoms with Gasteiger partial charge in [-0.05, 0) is 44.5 Å². The minimum atomic E-state index is 0.111. The Balaban J connectivity index is 1.60. The molecule has 1 aromatic rings. The van der Waals surface area contributed by atoms with Gasteiger partial charge in [-0.2, -0.15) is 0 Å². The lowest BCUT2D eigenvalue weighted by Gasteiger charge is -2.23. The number of hydrogen-bond acceptors (Lipinski definition) is 3. The van der Waals surface area contributed by atoms with Gasteiger partial charge < -0.3 is 15.4 Å². The molecule has 0 atom stereocenters. The Morgan fingerprint density at radius 3 is 2.85 bits per heavy atom. The molecule has 0 bridgehead atoms. The van der Waals surface area contributed by atoms with E-state index in [1.807, 2.05) is 18.2 Å². The van der Waals surface area contributed by atoms with Crippen molar-refractivity contribution in [2.24, 2.45) is 0 Å². The van der Waals surface area contributed by atoms with Gasteiger partial charge in [-0.25, -0.2) is 0 Å². The lowest BCUT2D eigenvalue weighted by atomic mass is 10.1. The third-order valence-electron chi connectivity index (χ3n) is 3.35. The summed E-state index contributed by atoms with van der Waals surface area (Å²) in [5, 5.41) is 6.95. The Morgan fingerprint density at radius 2 is 2.10 bits per heavy atom. The van der Waals surface area contributed by atoms with E-state index in [9.17, 15) is 4.79 Å². The minimum absolute atomic E-state index is 0.111. The van der Waals surface area contributed by atoms with E-state index in [0.29, 0.717) is 36.3 Å². The monoisotopic (exact) mass is 296 g/mol. The molecule has 1 aliphatic heterocycles. The van der Waals surface area contributed by atoms with Crippen LogP contribution in [0.4, 0.5) is 0 Å². The zero-order chi connectivity index (χ0) is 14.2. The molecule has 0 radical (unpaired) electrons. The molecule has 0 saturated carbocycles. The number of halogens is 1.